The van der Waals surface area contributed by atoms with Crippen LogP contribution in [-0.4, -0.2) is 22.6 Å². The molecule has 0 radical (unpaired) electrons. The van der Waals surface area contributed by atoms with Gasteiger partial charge in [0.05, 0.1) is 28.7 Å². The lowest BCUT2D eigenvalue weighted by Crippen LogP contribution is -2.13. The Morgan fingerprint density at radius 3 is 2.81 bits per heavy atom. The lowest BCUT2D eigenvalue weighted by atomic mass is 10.2. The summed E-state index contributed by atoms with van der Waals surface area (Å²) in [5, 5.41) is 0.389. The van der Waals surface area contributed by atoms with E-state index in [4.69, 9.17) is 11.6 Å². The van der Waals surface area contributed by atoms with Crippen LogP contribution in [0.2, 0.25) is 5.02 Å². The second-order valence-corrected chi connectivity index (χ2v) is 3.71. The molecule has 1 N–H and O–H groups in total. The van der Waals surface area contributed by atoms with Gasteiger partial charge in [-0.25, -0.2) is 9.59 Å². The summed E-state index contributed by atoms with van der Waals surface area (Å²) >= 11 is 5.93. The molecule has 0 aliphatic rings. The van der Waals surface area contributed by atoms with Crippen LogP contribution in [0.3, 0.4) is 0 Å². The van der Waals surface area contributed by atoms with E-state index in [1.54, 1.807) is 13.1 Å². The Hall–Kier alpha value is -1.75. The van der Waals surface area contributed by atoms with Gasteiger partial charge in [0.15, 0.2) is 0 Å². The zero-order valence-electron chi connectivity index (χ0n) is 8.70. The Morgan fingerprint density at radius 2 is 2.19 bits per heavy atom. The first-order valence-corrected chi connectivity index (χ1v) is 4.89. The van der Waals surface area contributed by atoms with Crippen molar-refractivity contribution in [3.8, 4) is 0 Å². The zero-order valence-corrected chi connectivity index (χ0v) is 9.46. The molecule has 0 spiro atoms. The number of hydrogen-bond acceptors (Lipinski definition) is 3. The molecule has 6 heteroatoms. The lowest BCUT2D eigenvalue weighted by molar-refractivity contribution is 0.0602. The first-order valence-electron chi connectivity index (χ1n) is 4.51. The lowest BCUT2D eigenvalue weighted by Gasteiger charge is -2.03. The Morgan fingerprint density at radius 1 is 1.50 bits per heavy atom. The minimum absolute atomic E-state index is 0.308. The number of ether oxygens (including phenoxy) is 1. The number of carbonyl (C=O) groups excluding carboxylic acids is 1. The molecular weight excluding hydrogens is 232 g/mol. The third-order valence-electron chi connectivity index (χ3n) is 2.40. The topological polar surface area (TPSA) is 64.1 Å². The monoisotopic (exact) mass is 240 g/mol. The standard InChI is InChI=1S/C10H9ClN2O3/c1-13-8-5(9(14)16-2)3-4-6(11)7(8)12-10(13)15/h3-4H,1-2H3,(H,12,15). The third kappa shape index (κ3) is 1.40. The number of aromatic amines is 1. The summed E-state index contributed by atoms with van der Waals surface area (Å²) in [6.07, 6.45) is 0. The molecule has 0 saturated heterocycles. The average Bonchev–Trinajstić information content (AvgIpc) is 2.57. The Bertz CT molecular complexity index is 627. The van der Waals surface area contributed by atoms with E-state index < -0.39 is 5.97 Å². The summed E-state index contributed by atoms with van der Waals surface area (Å²) in [5.41, 5.74) is 0.873. The molecule has 5 nitrogen and oxygen atoms in total. The van der Waals surface area contributed by atoms with Crippen LogP contribution in [-0.2, 0) is 11.8 Å². The highest BCUT2D eigenvalue weighted by atomic mass is 35.5. The highest BCUT2D eigenvalue weighted by Gasteiger charge is 2.16. The van der Waals surface area contributed by atoms with Crippen molar-refractivity contribution in [2.75, 3.05) is 7.11 Å². The molecular formula is C10H9ClN2O3. The number of rotatable bonds is 1. The van der Waals surface area contributed by atoms with E-state index >= 15 is 0 Å². The maximum atomic E-state index is 11.5. The predicted molar refractivity (Wildman–Crippen MR) is 59.9 cm³/mol. The van der Waals surface area contributed by atoms with E-state index in [9.17, 15) is 9.59 Å². The molecule has 2 aromatic rings. The van der Waals surface area contributed by atoms with Gasteiger partial charge < -0.3 is 9.72 Å². The minimum Gasteiger partial charge on any atom is -0.465 e. The molecule has 1 heterocycles. The second-order valence-electron chi connectivity index (χ2n) is 3.30. The number of hydrogen-bond donors (Lipinski definition) is 1. The molecule has 0 saturated carbocycles. The van der Waals surface area contributed by atoms with Gasteiger partial charge in [-0.05, 0) is 12.1 Å². The summed E-state index contributed by atoms with van der Waals surface area (Å²) in [6, 6.07) is 3.08. The number of aryl methyl sites for hydroxylation is 1. The molecule has 0 bridgehead atoms. The Balaban J connectivity index is 2.92. The van der Waals surface area contributed by atoms with Gasteiger partial charge in [-0.1, -0.05) is 11.6 Å². The van der Waals surface area contributed by atoms with Crippen molar-refractivity contribution in [3.05, 3.63) is 33.2 Å². The summed E-state index contributed by atoms with van der Waals surface area (Å²) in [7, 11) is 2.84. The van der Waals surface area contributed by atoms with Crippen molar-refractivity contribution >= 4 is 28.6 Å². The summed E-state index contributed by atoms with van der Waals surface area (Å²) in [5.74, 6) is -0.503. The van der Waals surface area contributed by atoms with Crippen LogP contribution in [0.4, 0.5) is 0 Å². The second kappa shape index (κ2) is 3.68. The number of H-pyrrole nitrogens is 1. The van der Waals surface area contributed by atoms with Gasteiger partial charge in [0.2, 0.25) is 0 Å². The molecule has 84 valence electrons. The first-order chi connectivity index (χ1) is 7.56. The van der Waals surface area contributed by atoms with Crippen molar-refractivity contribution < 1.29 is 9.53 Å². The number of esters is 1. The van der Waals surface area contributed by atoms with Gasteiger partial charge >= 0.3 is 11.7 Å². The molecule has 0 aliphatic heterocycles. The molecule has 2 rings (SSSR count). The van der Waals surface area contributed by atoms with Crippen molar-refractivity contribution in [3.63, 3.8) is 0 Å². The van der Waals surface area contributed by atoms with Crippen LogP contribution < -0.4 is 5.69 Å². The smallest absolute Gasteiger partial charge is 0.340 e. The van der Waals surface area contributed by atoms with E-state index in [0.29, 0.717) is 21.6 Å². The van der Waals surface area contributed by atoms with Crippen LogP contribution in [0.1, 0.15) is 10.4 Å². The number of nitrogens with zero attached hydrogens (tertiary/aromatic N) is 1. The number of methoxy groups -OCH3 is 1. The number of carbonyl (C=O) groups is 1. The highest BCUT2D eigenvalue weighted by Crippen LogP contribution is 2.24. The molecule has 0 fully saturated rings. The quantitative estimate of drug-likeness (QED) is 0.765. The molecule has 0 unspecified atom stereocenters. The Kier molecular flexibility index (Phi) is 2.47. The van der Waals surface area contributed by atoms with E-state index in [-0.39, 0.29) is 5.69 Å². The number of halogens is 1. The normalized spacial score (nSPS) is 10.7. The molecule has 16 heavy (non-hydrogen) atoms. The molecule has 0 amide bonds. The molecule has 0 atom stereocenters. The van der Waals surface area contributed by atoms with Gasteiger partial charge in [0.25, 0.3) is 0 Å². The van der Waals surface area contributed by atoms with Crippen LogP contribution in [0.15, 0.2) is 16.9 Å². The average molecular weight is 241 g/mol. The maximum absolute atomic E-state index is 11.5. The molecule has 1 aromatic carbocycles. The number of benzene rings is 1. The van der Waals surface area contributed by atoms with Crippen molar-refractivity contribution in [1.29, 1.82) is 0 Å². The molecule has 0 aliphatic carbocycles. The summed E-state index contributed by atoms with van der Waals surface area (Å²) < 4.78 is 5.96. The first kappa shape index (κ1) is 10.8. The van der Waals surface area contributed by atoms with Gasteiger partial charge in [-0.15, -0.1) is 0 Å². The fraction of sp³-hybridized carbons (Fsp3) is 0.200. The predicted octanol–water partition coefficient (Wildman–Crippen LogP) is 1.31. The largest absolute Gasteiger partial charge is 0.465 e. The van der Waals surface area contributed by atoms with Crippen LogP contribution in [0.25, 0.3) is 11.0 Å². The summed E-state index contributed by atoms with van der Waals surface area (Å²) in [6.45, 7) is 0. The summed E-state index contributed by atoms with van der Waals surface area (Å²) in [4.78, 5) is 25.5. The number of aromatic nitrogens is 2. The van der Waals surface area contributed by atoms with E-state index in [2.05, 4.69) is 9.72 Å². The fourth-order valence-electron chi connectivity index (χ4n) is 1.60. The van der Waals surface area contributed by atoms with E-state index in [0.717, 1.165) is 0 Å². The SMILES string of the molecule is COC(=O)c1ccc(Cl)c2[nH]c(=O)n(C)c12. The highest BCUT2D eigenvalue weighted by molar-refractivity contribution is 6.35. The van der Waals surface area contributed by atoms with Gasteiger partial charge in [-0.3, -0.25) is 4.57 Å². The van der Waals surface area contributed by atoms with Gasteiger partial charge in [-0.2, -0.15) is 0 Å². The number of imidazole rings is 1. The minimum atomic E-state index is -0.503. The van der Waals surface area contributed by atoms with Gasteiger partial charge in [0, 0.05) is 7.05 Å². The van der Waals surface area contributed by atoms with Crippen molar-refractivity contribution in [1.82, 2.24) is 9.55 Å². The Labute approximate surface area is 95.6 Å². The maximum Gasteiger partial charge on any atom is 0.340 e. The van der Waals surface area contributed by atoms with Crippen LogP contribution in [0, 0.1) is 0 Å². The van der Waals surface area contributed by atoms with Crippen LogP contribution in [0.5, 0.6) is 0 Å². The fourth-order valence-corrected chi connectivity index (χ4v) is 1.80. The van der Waals surface area contributed by atoms with Crippen LogP contribution >= 0.6 is 11.6 Å². The molecule has 1 aromatic heterocycles. The van der Waals surface area contributed by atoms with Gasteiger partial charge in [0.1, 0.15) is 0 Å². The number of nitrogens with one attached hydrogen (secondary N) is 1. The van der Waals surface area contributed by atoms with Crippen molar-refractivity contribution in [2.24, 2.45) is 7.05 Å². The van der Waals surface area contributed by atoms with E-state index in [1.807, 2.05) is 0 Å². The zero-order chi connectivity index (χ0) is 11.9. The van der Waals surface area contributed by atoms with Crippen molar-refractivity contribution in [2.45, 2.75) is 0 Å². The third-order valence-corrected chi connectivity index (χ3v) is 2.72. The number of fused-ring (bicyclic) bond motifs is 1. The van der Waals surface area contributed by atoms with E-state index in [1.165, 1.54) is 17.7 Å².